The Morgan fingerprint density at radius 3 is 2.28 bits per heavy atom. The van der Waals surface area contributed by atoms with Crippen molar-refractivity contribution in [3.05, 3.63) is 70.2 Å². The molecule has 4 heterocycles. The molecule has 0 bridgehead atoms. The summed E-state index contributed by atoms with van der Waals surface area (Å²) in [6.07, 6.45) is 0. The lowest BCUT2D eigenvalue weighted by atomic mass is 10.1. The summed E-state index contributed by atoms with van der Waals surface area (Å²) in [4.78, 5) is 36.6. The number of thiophene rings is 1. The maximum absolute atomic E-state index is 13.5. The molecule has 162 valence electrons. The van der Waals surface area contributed by atoms with Crippen molar-refractivity contribution in [1.82, 2.24) is 19.9 Å². The maximum atomic E-state index is 13.5. The smallest absolute Gasteiger partial charge is 0.259 e. The second kappa shape index (κ2) is 8.20. The Bertz CT molecular complexity index is 1300. The predicted octanol–water partition coefficient (Wildman–Crippen LogP) is 4.17. The fourth-order valence-electron chi connectivity index (χ4n) is 4.01. The van der Waals surface area contributed by atoms with E-state index in [2.05, 4.69) is 10.1 Å². The van der Waals surface area contributed by atoms with Crippen molar-refractivity contribution in [1.29, 1.82) is 0 Å². The largest absolute Gasteiger partial charge is 0.335 e. The summed E-state index contributed by atoms with van der Waals surface area (Å²) in [6, 6.07) is 15.1. The highest BCUT2D eigenvalue weighted by molar-refractivity contribution is 7.15. The van der Waals surface area contributed by atoms with E-state index >= 15 is 0 Å². The van der Waals surface area contributed by atoms with E-state index in [0.717, 1.165) is 4.88 Å². The monoisotopic (exact) mass is 446 g/mol. The third-order valence-corrected chi connectivity index (χ3v) is 6.74. The van der Waals surface area contributed by atoms with Crippen molar-refractivity contribution in [3.8, 4) is 10.6 Å². The molecule has 0 unspecified atom stereocenters. The Hall–Kier alpha value is -3.52. The highest BCUT2D eigenvalue weighted by atomic mass is 32.1. The Labute approximate surface area is 189 Å². The van der Waals surface area contributed by atoms with Crippen LogP contribution in [-0.2, 0) is 0 Å². The van der Waals surface area contributed by atoms with Gasteiger partial charge in [-0.2, -0.15) is 0 Å². The average molecular weight is 447 g/mol. The third kappa shape index (κ3) is 3.67. The van der Waals surface area contributed by atoms with Crippen molar-refractivity contribution in [2.75, 3.05) is 26.2 Å². The first-order valence-electron chi connectivity index (χ1n) is 10.5. The molecule has 1 fully saturated rings. The van der Waals surface area contributed by atoms with Crippen LogP contribution in [0.15, 0.2) is 53.1 Å². The second-order valence-corrected chi connectivity index (χ2v) is 9.15. The van der Waals surface area contributed by atoms with E-state index < -0.39 is 0 Å². The summed E-state index contributed by atoms with van der Waals surface area (Å²) >= 11 is 1.62. The summed E-state index contributed by atoms with van der Waals surface area (Å²) in [7, 11) is 0. The fraction of sp³-hybridized carbons (Fsp3) is 0.250. The number of benzene rings is 1. The van der Waals surface area contributed by atoms with Gasteiger partial charge >= 0.3 is 0 Å². The molecule has 2 amide bonds. The first-order chi connectivity index (χ1) is 15.5. The average Bonchev–Trinajstić information content (AvgIpc) is 3.44. The van der Waals surface area contributed by atoms with E-state index in [0.29, 0.717) is 59.8 Å². The SMILES string of the molecule is Cc1ccc(-c2cc(C(=O)N3CCN(C(=O)c4ccccc4)CC3)c3c(C)noc3n2)s1. The highest BCUT2D eigenvalue weighted by Gasteiger charge is 2.28. The van der Waals surface area contributed by atoms with E-state index in [1.807, 2.05) is 62.4 Å². The van der Waals surface area contributed by atoms with Gasteiger partial charge in [0.2, 0.25) is 0 Å². The zero-order chi connectivity index (χ0) is 22.2. The molecule has 1 aliphatic rings. The number of aryl methyl sites for hydroxylation is 2. The number of aromatic nitrogens is 2. The molecular weight excluding hydrogens is 424 g/mol. The molecule has 7 nitrogen and oxygen atoms in total. The molecule has 8 heteroatoms. The summed E-state index contributed by atoms with van der Waals surface area (Å²) in [5, 5.41) is 4.68. The molecule has 0 radical (unpaired) electrons. The Balaban J connectivity index is 1.40. The molecule has 0 saturated carbocycles. The first-order valence-corrected chi connectivity index (χ1v) is 11.3. The lowest BCUT2D eigenvalue weighted by Gasteiger charge is -2.35. The van der Waals surface area contributed by atoms with Crippen LogP contribution in [0.25, 0.3) is 21.7 Å². The molecular formula is C24H22N4O3S. The number of nitrogens with zero attached hydrogens (tertiary/aromatic N) is 4. The molecule has 1 saturated heterocycles. The van der Waals surface area contributed by atoms with Crippen molar-refractivity contribution in [2.24, 2.45) is 0 Å². The normalized spacial score (nSPS) is 14.2. The molecule has 1 aromatic carbocycles. The van der Waals surface area contributed by atoms with E-state index in [9.17, 15) is 9.59 Å². The first kappa shape index (κ1) is 20.4. The van der Waals surface area contributed by atoms with Crippen molar-refractivity contribution in [2.45, 2.75) is 13.8 Å². The lowest BCUT2D eigenvalue weighted by Crippen LogP contribution is -2.50. The van der Waals surface area contributed by atoms with E-state index in [4.69, 9.17) is 4.52 Å². The van der Waals surface area contributed by atoms with Crippen LogP contribution >= 0.6 is 11.3 Å². The number of carbonyl (C=O) groups is 2. The minimum Gasteiger partial charge on any atom is -0.335 e. The minimum atomic E-state index is -0.0926. The molecule has 32 heavy (non-hydrogen) atoms. The van der Waals surface area contributed by atoms with E-state index in [1.54, 1.807) is 21.1 Å². The predicted molar refractivity (Wildman–Crippen MR) is 123 cm³/mol. The maximum Gasteiger partial charge on any atom is 0.259 e. The summed E-state index contributed by atoms with van der Waals surface area (Å²) < 4.78 is 5.41. The topological polar surface area (TPSA) is 79.5 Å². The molecule has 0 atom stereocenters. The summed E-state index contributed by atoms with van der Waals surface area (Å²) in [6.45, 7) is 5.78. The van der Waals surface area contributed by atoms with Crippen LogP contribution in [0, 0.1) is 13.8 Å². The van der Waals surface area contributed by atoms with Crippen LogP contribution in [0.2, 0.25) is 0 Å². The zero-order valence-electron chi connectivity index (χ0n) is 17.9. The van der Waals surface area contributed by atoms with Gasteiger partial charge in [0.25, 0.3) is 17.5 Å². The van der Waals surface area contributed by atoms with Gasteiger partial charge in [-0.1, -0.05) is 23.4 Å². The number of hydrogen-bond acceptors (Lipinski definition) is 6. The Morgan fingerprint density at radius 2 is 1.62 bits per heavy atom. The van der Waals surface area contributed by atoms with Gasteiger partial charge in [0.1, 0.15) is 0 Å². The van der Waals surface area contributed by atoms with E-state index in [1.165, 1.54) is 4.88 Å². The molecule has 0 N–H and O–H groups in total. The number of carbonyl (C=O) groups excluding carboxylic acids is 2. The van der Waals surface area contributed by atoms with Crippen LogP contribution in [0.4, 0.5) is 0 Å². The van der Waals surface area contributed by atoms with Crippen molar-refractivity contribution >= 4 is 34.3 Å². The zero-order valence-corrected chi connectivity index (χ0v) is 18.7. The van der Waals surface area contributed by atoms with Gasteiger partial charge in [0.05, 0.1) is 27.2 Å². The minimum absolute atomic E-state index is 0.00534. The van der Waals surface area contributed by atoms with Gasteiger partial charge in [-0.25, -0.2) is 4.98 Å². The third-order valence-electron chi connectivity index (χ3n) is 5.72. The number of pyridine rings is 1. The quantitative estimate of drug-likeness (QED) is 0.472. The number of amides is 2. The van der Waals surface area contributed by atoms with Crippen LogP contribution in [-0.4, -0.2) is 57.9 Å². The van der Waals surface area contributed by atoms with Gasteiger partial charge in [0, 0.05) is 36.6 Å². The van der Waals surface area contributed by atoms with Gasteiger partial charge in [-0.3, -0.25) is 9.59 Å². The second-order valence-electron chi connectivity index (χ2n) is 7.86. The number of rotatable bonds is 3. The molecule has 3 aromatic heterocycles. The number of fused-ring (bicyclic) bond motifs is 1. The number of hydrogen-bond donors (Lipinski definition) is 0. The Morgan fingerprint density at radius 1 is 0.938 bits per heavy atom. The molecule has 4 aromatic rings. The highest BCUT2D eigenvalue weighted by Crippen LogP contribution is 2.31. The molecule has 1 aliphatic heterocycles. The Kier molecular flexibility index (Phi) is 5.22. The molecule has 0 spiro atoms. The van der Waals surface area contributed by atoms with Crippen LogP contribution in [0.3, 0.4) is 0 Å². The fourth-order valence-corrected chi connectivity index (χ4v) is 4.84. The van der Waals surface area contributed by atoms with Crippen LogP contribution < -0.4 is 0 Å². The summed E-state index contributed by atoms with van der Waals surface area (Å²) in [5.41, 5.74) is 2.92. The van der Waals surface area contributed by atoms with Gasteiger partial charge in [-0.05, 0) is 44.2 Å². The lowest BCUT2D eigenvalue weighted by molar-refractivity contribution is 0.0536. The summed E-state index contributed by atoms with van der Waals surface area (Å²) in [5.74, 6) is -0.0979. The van der Waals surface area contributed by atoms with Crippen LogP contribution in [0.5, 0.6) is 0 Å². The van der Waals surface area contributed by atoms with Gasteiger partial charge in [-0.15, -0.1) is 11.3 Å². The van der Waals surface area contributed by atoms with Gasteiger partial charge < -0.3 is 14.3 Å². The van der Waals surface area contributed by atoms with Crippen molar-refractivity contribution < 1.29 is 14.1 Å². The van der Waals surface area contributed by atoms with Crippen molar-refractivity contribution in [3.63, 3.8) is 0 Å². The molecule has 0 aliphatic carbocycles. The van der Waals surface area contributed by atoms with Crippen LogP contribution in [0.1, 0.15) is 31.3 Å². The van der Waals surface area contributed by atoms with Gasteiger partial charge in [0.15, 0.2) is 0 Å². The molecule has 5 rings (SSSR count). The number of piperazine rings is 1. The standard InChI is InChI=1S/C24H22N4O3S/c1-15-8-9-20(32-15)19-14-18(21-16(2)26-31-22(21)25-19)24(30)28-12-10-27(11-13-28)23(29)17-6-4-3-5-7-17/h3-9,14H,10-13H2,1-2H3. The van der Waals surface area contributed by atoms with E-state index in [-0.39, 0.29) is 11.8 Å².